The fourth-order valence-corrected chi connectivity index (χ4v) is 3.81. The second kappa shape index (κ2) is 10.2. The number of hydrogen-bond acceptors (Lipinski definition) is 6. The van der Waals surface area contributed by atoms with E-state index in [2.05, 4.69) is 5.32 Å². The van der Waals surface area contributed by atoms with Crippen LogP contribution in [0.15, 0.2) is 0 Å². The standard InChI is InChI=1S/C17H29NO4S2/c1-12(19)9-10-16(3,4)23-14(21)7-8-15(22)24-17(5,6)11-18-13(2)20/h7-11H2,1-6H3,(H,18,20). The summed E-state index contributed by atoms with van der Waals surface area (Å²) >= 11 is 2.37. The fourth-order valence-electron chi connectivity index (χ4n) is 1.82. The second-order valence-corrected chi connectivity index (χ2v) is 10.6. The molecule has 7 heteroatoms. The minimum absolute atomic E-state index is 0.0304. The van der Waals surface area contributed by atoms with E-state index in [0.717, 1.165) is 11.8 Å². The van der Waals surface area contributed by atoms with Gasteiger partial charge in [-0.2, -0.15) is 0 Å². The van der Waals surface area contributed by atoms with E-state index in [1.807, 2.05) is 27.7 Å². The molecule has 0 rings (SSSR count). The van der Waals surface area contributed by atoms with Gasteiger partial charge in [-0.05, 0) is 27.2 Å². The van der Waals surface area contributed by atoms with Crippen molar-refractivity contribution in [3.05, 3.63) is 0 Å². The Morgan fingerprint density at radius 2 is 1.25 bits per heavy atom. The summed E-state index contributed by atoms with van der Waals surface area (Å²) in [6, 6.07) is 0. The molecule has 24 heavy (non-hydrogen) atoms. The molecule has 0 saturated carbocycles. The Bertz CT molecular complexity index is 443. The van der Waals surface area contributed by atoms with Gasteiger partial charge in [0.1, 0.15) is 5.78 Å². The smallest absolute Gasteiger partial charge is 0.216 e. The number of rotatable bonds is 10. The van der Waals surface area contributed by atoms with Gasteiger partial charge in [-0.15, -0.1) is 0 Å². The monoisotopic (exact) mass is 375 g/mol. The van der Waals surface area contributed by atoms with Gasteiger partial charge < -0.3 is 10.1 Å². The van der Waals surface area contributed by atoms with Gasteiger partial charge in [0.25, 0.3) is 0 Å². The van der Waals surface area contributed by atoms with Crippen molar-refractivity contribution < 1.29 is 19.2 Å². The minimum atomic E-state index is -0.403. The van der Waals surface area contributed by atoms with Crippen LogP contribution < -0.4 is 5.32 Å². The predicted octanol–water partition coefficient (Wildman–Crippen LogP) is 3.35. The summed E-state index contributed by atoms with van der Waals surface area (Å²) in [6.07, 6.45) is 1.48. The third-order valence-electron chi connectivity index (χ3n) is 3.16. The molecule has 138 valence electrons. The molecule has 0 radical (unpaired) electrons. The van der Waals surface area contributed by atoms with E-state index in [4.69, 9.17) is 0 Å². The van der Waals surface area contributed by atoms with Crippen molar-refractivity contribution in [1.82, 2.24) is 5.32 Å². The van der Waals surface area contributed by atoms with E-state index < -0.39 is 4.75 Å². The lowest BCUT2D eigenvalue weighted by Crippen LogP contribution is -2.35. The van der Waals surface area contributed by atoms with Crippen molar-refractivity contribution in [1.29, 1.82) is 0 Å². The van der Waals surface area contributed by atoms with Crippen LogP contribution in [0.2, 0.25) is 0 Å². The zero-order valence-corrected chi connectivity index (χ0v) is 17.1. The maximum Gasteiger partial charge on any atom is 0.216 e. The predicted molar refractivity (Wildman–Crippen MR) is 101 cm³/mol. The van der Waals surface area contributed by atoms with Gasteiger partial charge in [-0.25, -0.2) is 0 Å². The highest BCUT2D eigenvalue weighted by Crippen LogP contribution is 2.32. The Labute approximate surface area is 153 Å². The highest BCUT2D eigenvalue weighted by molar-refractivity contribution is 8.15. The Morgan fingerprint density at radius 1 is 0.792 bits per heavy atom. The van der Waals surface area contributed by atoms with Crippen molar-refractivity contribution in [2.24, 2.45) is 0 Å². The second-order valence-electron chi connectivity index (χ2n) is 7.08. The molecule has 0 aliphatic rings. The Kier molecular flexibility index (Phi) is 9.88. The first kappa shape index (κ1) is 23.2. The van der Waals surface area contributed by atoms with E-state index in [9.17, 15) is 19.2 Å². The van der Waals surface area contributed by atoms with Crippen LogP contribution in [0.5, 0.6) is 0 Å². The van der Waals surface area contributed by atoms with Gasteiger partial charge in [-0.3, -0.25) is 14.4 Å². The minimum Gasteiger partial charge on any atom is -0.355 e. The molecule has 0 fully saturated rings. The SMILES string of the molecule is CC(=O)CCC(C)(C)SC(=O)CCC(=O)SC(C)(C)CNC(C)=O. The molecule has 0 unspecified atom stereocenters. The van der Waals surface area contributed by atoms with Crippen LogP contribution >= 0.6 is 23.5 Å². The summed E-state index contributed by atoms with van der Waals surface area (Å²) in [5.41, 5.74) is 0. The number of carbonyl (C=O) groups is 4. The van der Waals surface area contributed by atoms with E-state index in [1.165, 1.54) is 18.7 Å². The molecule has 0 aromatic heterocycles. The van der Waals surface area contributed by atoms with E-state index >= 15 is 0 Å². The Morgan fingerprint density at radius 3 is 1.67 bits per heavy atom. The maximum atomic E-state index is 12.0. The quantitative estimate of drug-likeness (QED) is 0.631. The molecular formula is C17H29NO4S2. The van der Waals surface area contributed by atoms with Crippen LogP contribution in [-0.2, 0) is 19.2 Å². The molecule has 0 aliphatic carbocycles. The Balaban J connectivity index is 4.23. The largest absolute Gasteiger partial charge is 0.355 e. The van der Waals surface area contributed by atoms with E-state index in [0.29, 0.717) is 19.4 Å². The molecule has 0 heterocycles. The molecule has 0 aliphatic heterocycles. The molecule has 5 nitrogen and oxygen atoms in total. The maximum absolute atomic E-state index is 12.0. The molecular weight excluding hydrogens is 346 g/mol. The topological polar surface area (TPSA) is 80.3 Å². The lowest BCUT2D eigenvalue weighted by Gasteiger charge is -2.23. The molecule has 0 aromatic rings. The average Bonchev–Trinajstić information content (AvgIpc) is 2.40. The van der Waals surface area contributed by atoms with Crippen LogP contribution in [0.3, 0.4) is 0 Å². The fraction of sp³-hybridized carbons (Fsp3) is 0.765. The average molecular weight is 376 g/mol. The summed E-state index contributed by atoms with van der Waals surface area (Å²) in [4.78, 5) is 46.1. The van der Waals surface area contributed by atoms with E-state index in [1.54, 1.807) is 6.92 Å². The van der Waals surface area contributed by atoms with Crippen molar-refractivity contribution in [2.75, 3.05) is 6.54 Å². The van der Waals surface area contributed by atoms with Crippen LogP contribution in [0.25, 0.3) is 0 Å². The lowest BCUT2D eigenvalue weighted by atomic mass is 10.1. The lowest BCUT2D eigenvalue weighted by molar-refractivity contribution is -0.119. The summed E-state index contributed by atoms with van der Waals surface area (Å²) < 4.78 is -0.705. The number of amides is 1. The molecule has 0 spiro atoms. The van der Waals surface area contributed by atoms with Crippen molar-refractivity contribution in [3.8, 4) is 0 Å². The van der Waals surface area contributed by atoms with Crippen LogP contribution in [0.4, 0.5) is 0 Å². The normalized spacial score (nSPS) is 11.9. The van der Waals surface area contributed by atoms with Crippen molar-refractivity contribution in [2.45, 2.75) is 76.7 Å². The van der Waals surface area contributed by atoms with Gasteiger partial charge in [0.05, 0.1) is 0 Å². The summed E-state index contributed by atoms with van der Waals surface area (Å²) in [6.45, 7) is 11.0. The van der Waals surface area contributed by atoms with Gasteiger partial charge in [0.2, 0.25) is 5.91 Å². The van der Waals surface area contributed by atoms with Gasteiger partial charge in [0, 0.05) is 42.2 Å². The van der Waals surface area contributed by atoms with Crippen molar-refractivity contribution in [3.63, 3.8) is 0 Å². The third kappa shape index (κ3) is 12.6. The molecule has 0 atom stereocenters. The zero-order valence-electron chi connectivity index (χ0n) is 15.5. The molecule has 1 amide bonds. The molecule has 0 bridgehead atoms. The first-order valence-electron chi connectivity index (χ1n) is 8.00. The molecule has 0 saturated heterocycles. The summed E-state index contributed by atoms with van der Waals surface area (Å²) in [5.74, 6) is -0.0143. The van der Waals surface area contributed by atoms with Crippen LogP contribution in [0, 0.1) is 0 Å². The third-order valence-corrected chi connectivity index (χ3v) is 5.47. The number of carbonyl (C=O) groups excluding carboxylic acids is 4. The first-order valence-corrected chi connectivity index (χ1v) is 9.64. The van der Waals surface area contributed by atoms with Gasteiger partial charge in [0.15, 0.2) is 10.2 Å². The highest BCUT2D eigenvalue weighted by Gasteiger charge is 2.26. The number of nitrogens with one attached hydrogen (secondary N) is 1. The van der Waals surface area contributed by atoms with Crippen molar-refractivity contribution >= 4 is 45.4 Å². The first-order chi connectivity index (χ1) is 10.8. The Hall–Kier alpha value is -0.820. The number of thioether (sulfide) groups is 2. The number of ketones is 1. The highest BCUT2D eigenvalue weighted by atomic mass is 32.2. The number of hydrogen-bond donors (Lipinski definition) is 1. The van der Waals surface area contributed by atoms with E-state index in [-0.39, 0.29) is 39.5 Å². The summed E-state index contributed by atoms with van der Waals surface area (Å²) in [7, 11) is 0. The number of Topliss-reactive ketones (excluding diaryl/α,β-unsaturated/α-hetero) is 1. The summed E-state index contributed by atoms with van der Waals surface area (Å²) in [5, 5.41) is 2.61. The van der Waals surface area contributed by atoms with Crippen LogP contribution in [0.1, 0.15) is 67.2 Å². The van der Waals surface area contributed by atoms with Gasteiger partial charge >= 0.3 is 0 Å². The van der Waals surface area contributed by atoms with Gasteiger partial charge in [-0.1, -0.05) is 37.4 Å². The molecule has 1 N–H and O–H groups in total. The molecule has 0 aromatic carbocycles. The zero-order chi connectivity index (χ0) is 19.0. The van der Waals surface area contributed by atoms with Crippen LogP contribution in [-0.4, -0.2) is 38.0 Å².